The highest BCUT2D eigenvalue weighted by Gasteiger charge is 2.61. The molecular weight excluding hydrogens is 589 g/mol. The van der Waals surface area contributed by atoms with Crippen molar-refractivity contribution in [3.05, 3.63) is 11.1 Å². The zero-order valence-corrected chi connectivity index (χ0v) is 34.3. The van der Waals surface area contributed by atoms with Crippen molar-refractivity contribution in [2.24, 2.45) is 22.2 Å². The number of hydrogen-bond donors (Lipinski definition) is 0. The van der Waals surface area contributed by atoms with Gasteiger partial charge in [0.1, 0.15) is 0 Å². The Morgan fingerprint density at radius 1 is 0.667 bits per heavy atom. The van der Waals surface area contributed by atoms with E-state index in [4.69, 9.17) is 18.3 Å². The van der Waals surface area contributed by atoms with Crippen LogP contribution >= 0.6 is 0 Å². The lowest BCUT2D eigenvalue weighted by molar-refractivity contribution is -0.178. The van der Waals surface area contributed by atoms with Crippen molar-refractivity contribution in [3.63, 3.8) is 0 Å². The number of allylic oxidation sites excluding steroid dienone is 2. The Labute approximate surface area is 280 Å². The van der Waals surface area contributed by atoms with Crippen molar-refractivity contribution in [2.75, 3.05) is 0 Å². The maximum atomic E-state index is 7.14. The van der Waals surface area contributed by atoms with Gasteiger partial charge >= 0.3 is 0 Å². The first-order chi connectivity index (χ1) is 20.3. The smallest absolute Gasteiger partial charge is 0.192 e. The third kappa shape index (κ3) is 6.66. The molecule has 0 amide bonds. The number of ether oxygens (including phenoxy) is 2. The summed E-state index contributed by atoms with van der Waals surface area (Å²) in [5, 5.41) is 0.203. The van der Waals surface area contributed by atoms with Gasteiger partial charge in [0.25, 0.3) is 0 Å². The summed E-state index contributed by atoms with van der Waals surface area (Å²) < 4.78 is 28.2. The first-order valence-corrected chi connectivity index (χ1v) is 25.1. The Morgan fingerprint density at radius 2 is 1.24 bits per heavy atom. The molecule has 0 spiro atoms. The summed E-state index contributed by atoms with van der Waals surface area (Å²) in [6, 6.07) is 0. The van der Waals surface area contributed by atoms with Crippen molar-refractivity contribution in [1.82, 2.24) is 0 Å². The predicted octanol–water partition coefficient (Wildman–Crippen LogP) is 11.2. The van der Waals surface area contributed by atoms with Crippen LogP contribution < -0.4 is 0 Å². The summed E-state index contributed by atoms with van der Waals surface area (Å²) in [7, 11) is -3.56. The van der Waals surface area contributed by atoms with E-state index >= 15 is 0 Å². The van der Waals surface area contributed by atoms with Gasteiger partial charge in [-0.25, -0.2) is 0 Å². The van der Waals surface area contributed by atoms with Crippen molar-refractivity contribution in [3.8, 4) is 0 Å². The summed E-state index contributed by atoms with van der Waals surface area (Å²) >= 11 is 0. The van der Waals surface area contributed by atoms with E-state index < -0.39 is 16.6 Å². The normalized spacial score (nSPS) is 43.9. The van der Waals surface area contributed by atoms with Gasteiger partial charge in [-0.05, 0) is 158 Å². The molecule has 3 aliphatic carbocycles. The van der Waals surface area contributed by atoms with E-state index in [1.165, 1.54) is 51.4 Å². The predicted molar refractivity (Wildman–Crippen MR) is 194 cm³/mol. The van der Waals surface area contributed by atoms with Crippen LogP contribution in [0.5, 0.6) is 0 Å². The second-order valence-corrected chi connectivity index (χ2v) is 29.8. The summed E-state index contributed by atoms with van der Waals surface area (Å²) in [5.74, 6) is 0.685. The van der Waals surface area contributed by atoms with E-state index in [2.05, 4.69) is 102 Å². The van der Waals surface area contributed by atoms with Crippen LogP contribution in [0.2, 0.25) is 37.8 Å². The molecule has 45 heavy (non-hydrogen) atoms. The highest BCUT2D eigenvalue weighted by molar-refractivity contribution is 6.74. The van der Waals surface area contributed by atoms with Crippen LogP contribution in [0.25, 0.3) is 0 Å². The summed E-state index contributed by atoms with van der Waals surface area (Å²) in [4.78, 5) is 0. The molecule has 260 valence electrons. The van der Waals surface area contributed by atoms with Crippen molar-refractivity contribution in [1.29, 1.82) is 0 Å². The van der Waals surface area contributed by atoms with Gasteiger partial charge < -0.3 is 18.3 Å². The van der Waals surface area contributed by atoms with E-state index in [-0.39, 0.29) is 44.7 Å². The van der Waals surface area contributed by atoms with Gasteiger partial charge in [0, 0.05) is 0 Å². The van der Waals surface area contributed by atoms with Crippen LogP contribution in [0, 0.1) is 22.2 Å². The molecule has 0 aromatic heterocycles. The molecule has 0 unspecified atom stereocenters. The number of fused-ring (bicyclic) bond motifs is 4. The zero-order valence-electron chi connectivity index (χ0n) is 32.3. The van der Waals surface area contributed by atoms with Gasteiger partial charge in [-0.2, -0.15) is 0 Å². The van der Waals surface area contributed by atoms with Crippen LogP contribution in [0.4, 0.5) is 0 Å². The minimum atomic E-state index is -1.90. The third-order valence-electron chi connectivity index (χ3n) is 14.2. The molecule has 0 N–H and O–H groups in total. The molecule has 8 atom stereocenters. The third-order valence-corrected chi connectivity index (χ3v) is 19.7. The standard InChI is InChI=1S/C39H72O4Si2/c1-34(2,3)45(14,15)43-31-20-23-37(8)26-27(16-19-32(37)40-36(31,6)7)28-17-18-29-38(28,9)24-22-33-39(29,10)25-21-30(35(4,5)41-33)42-44(11,12)13/h29-33H,16-26H2,1-15H3/b28-27+/t29-,30+,31+,32+,33+,37+,38-,39+/m0/s1. The van der Waals surface area contributed by atoms with Crippen LogP contribution in [-0.4, -0.2) is 52.3 Å². The Balaban J connectivity index is 1.38. The topological polar surface area (TPSA) is 36.9 Å². The lowest BCUT2D eigenvalue weighted by atomic mass is 9.53. The summed E-state index contributed by atoms with van der Waals surface area (Å²) in [6.45, 7) is 35.9. The largest absolute Gasteiger partial charge is 0.412 e. The van der Waals surface area contributed by atoms with E-state index in [0.717, 1.165) is 19.3 Å². The van der Waals surface area contributed by atoms with E-state index in [0.29, 0.717) is 18.1 Å². The maximum Gasteiger partial charge on any atom is 0.192 e. The first kappa shape index (κ1) is 36.3. The van der Waals surface area contributed by atoms with Gasteiger partial charge in [0.15, 0.2) is 16.6 Å². The van der Waals surface area contributed by atoms with E-state index in [1.54, 1.807) is 5.57 Å². The Bertz CT molecular complexity index is 1140. The Morgan fingerprint density at radius 3 is 1.84 bits per heavy atom. The fourth-order valence-corrected chi connectivity index (χ4v) is 13.2. The average molecular weight is 661 g/mol. The minimum absolute atomic E-state index is 0.161. The molecule has 5 rings (SSSR count). The minimum Gasteiger partial charge on any atom is -0.412 e. The maximum absolute atomic E-state index is 7.14. The molecule has 2 saturated heterocycles. The second-order valence-electron chi connectivity index (χ2n) is 20.6. The van der Waals surface area contributed by atoms with Crippen LogP contribution in [0.15, 0.2) is 11.1 Å². The molecule has 5 aliphatic rings. The Hall–Kier alpha value is 0.0138. The summed E-state index contributed by atoms with van der Waals surface area (Å²) in [5.41, 5.74) is 3.80. The van der Waals surface area contributed by atoms with Gasteiger partial charge in [-0.1, -0.05) is 52.7 Å². The van der Waals surface area contributed by atoms with Gasteiger partial charge in [-0.15, -0.1) is 0 Å². The fraction of sp³-hybridized carbons (Fsp3) is 0.949. The molecule has 0 radical (unpaired) electrons. The van der Waals surface area contributed by atoms with E-state index in [9.17, 15) is 0 Å². The van der Waals surface area contributed by atoms with Gasteiger partial charge in [0.05, 0.1) is 35.6 Å². The molecule has 5 fully saturated rings. The Kier molecular flexibility index (Phi) is 9.31. The molecule has 2 heterocycles. The molecule has 0 aromatic rings. The second kappa shape index (κ2) is 11.5. The molecule has 3 saturated carbocycles. The van der Waals surface area contributed by atoms with Gasteiger partial charge in [-0.3, -0.25) is 0 Å². The molecule has 4 nitrogen and oxygen atoms in total. The molecule has 0 bridgehead atoms. The number of hydrogen-bond acceptors (Lipinski definition) is 4. The lowest BCUT2D eigenvalue weighted by Gasteiger charge is -2.54. The van der Waals surface area contributed by atoms with Crippen LogP contribution in [0.1, 0.15) is 140 Å². The summed E-state index contributed by atoms with van der Waals surface area (Å²) in [6.07, 6.45) is 14.2. The molecule has 6 heteroatoms. The van der Waals surface area contributed by atoms with Crippen molar-refractivity contribution < 1.29 is 18.3 Å². The molecular formula is C39H72O4Si2. The fourth-order valence-electron chi connectivity index (χ4n) is 10.5. The quantitative estimate of drug-likeness (QED) is 0.222. The van der Waals surface area contributed by atoms with Crippen LogP contribution in [-0.2, 0) is 18.3 Å². The highest BCUT2D eigenvalue weighted by Crippen LogP contribution is 2.66. The van der Waals surface area contributed by atoms with Crippen LogP contribution in [0.3, 0.4) is 0 Å². The molecule has 2 aliphatic heterocycles. The number of rotatable bonds is 4. The van der Waals surface area contributed by atoms with Gasteiger partial charge in [0.2, 0.25) is 0 Å². The molecule has 0 aromatic carbocycles. The SMILES string of the molecule is CC1(C)O[C@@H]2CC/C(=C3/CC[C@@H]4[C@@]5(C)CC[C@@H](O[Si](C)(C)C)C(C)(C)O[C@@H]5CC[C@@]34C)C[C@@]2(C)CC[C@H]1O[Si](C)(C)C(C)(C)C. The average Bonchev–Trinajstić information content (AvgIpc) is 3.15. The highest BCUT2D eigenvalue weighted by atomic mass is 28.4. The zero-order chi connectivity index (χ0) is 33.6. The first-order valence-electron chi connectivity index (χ1n) is 18.8. The van der Waals surface area contributed by atoms with Crippen molar-refractivity contribution in [2.45, 2.75) is 213 Å². The van der Waals surface area contributed by atoms with Crippen molar-refractivity contribution >= 4 is 16.6 Å². The monoisotopic (exact) mass is 660 g/mol. The van der Waals surface area contributed by atoms with E-state index in [1.807, 2.05) is 5.57 Å². The lowest BCUT2D eigenvalue weighted by Crippen LogP contribution is -2.52.